The van der Waals surface area contributed by atoms with Crippen LogP contribution in [0.3, 0.4) is 0 Å². The van der Waals surface area contributed by atoms with Crippen LogP contribution in [-0.4, -0.2) is 11.2 Å². The summed E-state index contributed by atoms with van der Waals surface area (Å²) in [6, 6.07) is 0. The molecule has 0 rings (SSSR count). The van der Waals surface area contributed by atoms with Gasteiger partial charge in [0.05, 0.1) is 0 Å². The van der Waals surface area contributed by atoms with Crippen molar-refractivity contribution in [2.24, 2.45) is 0 Å². The minimum Gasteiger partial charge on any atom is -0.376 e. The van der Waals surface area contributed by atoms with Crippen molar-refractivity contribution in [2.45, 2.75) is 26.9 Å². The summed E-state index contributed by atoms with van der Waals surface area (Å²) in [5.74, 6) is 5.28. The van der Waals surface area contributed by atoms with Gasteiger partial charge in [0, 0.05) is 0 Å². The summed E-state index contributed by atoms with van der Waals surface area (Å²) in [5, 5.41) is 9.08. The molecule has 0 aromatic rings. The first-order valence-electron chi connectivity index (χ1n) is 2.95. The number of aliphatic hydroxyl groups is 1. The van der Waals surface area contributed by atoms with Crippen molar-refractivity contribution in [1.29, 1.82) is 0 Å². The summed E-state index contributed by atoms with van der Waals surface area (Å²) in [6.07, 6.45) is 1.29. The van der Waals surface area contributed by atoms with E-state index in [1.807, 2.05) is 19.9 Å². The molecule has 1 heteroatoms. The second-order valence-electron chi connectivity index (χ2n) is 1.83. The highest BCUT2D eigenvalue weighted by Crippen LogP contribution is 1.97. The van der Waals surface area contributed by atoms with Gasteiger partial charge < -0.3 is 5.11 Å². The molecule has 0 aliphatic heterocycles. The summed E-state index contributed by atoms with van der Waals surface area (Å²) < 4.78 is 0. The molecule has 0 bridgehead atoms. The summed E-state index contributed by atoms with van der Waals surface area (Å²) in [4.78, 5) is 0. The minimum atomic E-state index is -0.569. The van der Waals surface area contributed by atoms with Crippen LogP contribution in [0.15, 0.2) is 11.6 Å². The lowest BCUT2D eigenvalue weighted by Crippen LogP contribution is -2.03. The SMILES string of the molecule is CC#CC(O)/C(C)=C\C. The maximum atomic E-state index is 9.08. The Morgan fingerprint density at radius 3 is 2.56 bits per heavy atom. The zero-order chi connectivity index (χ0) is 7.28. The predicted molar refractivity (Wildman–Crippen MR) is 38.9 cm³/mol. The molecule has 0 saturated heterocycles. The largest absolute Gasteiger partial charge is 0.376 e. The topological polar surface area (TPSA) is 20.2 Å². The molecule has 0 aromatic heterocycles. The summed E-state index contributed by atoms with van der Waals surface area (Å²) in [5.41, 5.74) is 0.907. The maximum absolute atomic E-state index is 9.08. The van der Waals surface area contributed by atoms with Crippen molar-refractivity contribution in [3.63, 3.8) is 0 Å². The predicted octanol–water partition coefficient (Wildman–Crippen LogP) is 1.34. The van der Waals surface area contributed by atoms with Crippen molar-refractivity contribution in [3.05, 3.63) is 11.6 Å². The van der Waals surface area contributed by atoms with Gasteiger partial charge in [-0.25, -0.2) is 0 Å². The third kappa shape index (κ3) is 2.94. The highest BCUT2D eigenvalue weighted by molar-refractivity contribution is 5.18. The molecule has 1 atom stereocenters. The molecule has 0 aromatic carbocycles. The van der Waals surface area contributed by atoms with Gasteiger partial charge in [0.1, 0.15) is 6.10 Å². The van der Waals surface area contributed by atoms with E-state index in [0.717, 1.165) is 5.57 Å². The number of allylic oxidation sites excluding steroid dienone is 1. The van der Waals surface area contributed by atoms with Gasteiger partial charge in [-0.05, 0) is 26.3 Å². The van der Waals surface area contributed by atoms with E-state index in [9.17, 15) is 0 Å². The Balaban J connectivity index is 3.99. The highest BCUT2D eigenvalue weighted by Gasteiger charge is 1.97. The number of rotatable bonds is 1. The van der Waals surface area contributed by atoms with Gasteiger partial charge in [0.15, 0.2) is 0 Å². The minimum absolute atomic E-state index is 0.569. The molecule has 0 aliphatic rings. The average molecular weight is 124 g/mol. The van der Waals surface area contributed by atoms with Crippen LogP contribution in [-0.2, 0) is 0 Å². The van der Waals surface area contributed by atoms with E-state index in [1.54, 1.807) is 6.92 Å². The van der Waals surface area contributed by atoms with Crippen LogP contribution in [0.4, 0.5) is 0 Å². The summed E-state index contributed by atoms with van der Waals surface area (Å²) >= 11 is 0. The molecule has 0 saturated carbocycles. The number of hydrogen-bond acceptors (Lipinski definition) is 1. The monoisotopic (exact) mass is 124 g/mol. The van der Waals surface area contributed by atoms with Crippen LogP contribution in [0.5, 0.6) is 0 Å². The molecule has 0 radical (unpaired) electrons. The van der Waals surface area contributed by atoms with Crippen molar-refractivity contribution < 1.29 is 5.11 Å². The molecule has 0 fully saturated rings. The molecule has 9 heavy (non-hydrogen) atoms. The van der Waals surface area contributed by atoms with E-state index in [4.69, 9.17) is 5.11 Å². The molecular weight excluding hydrogens is 112 g/mol. The molecule has 1 N–H and O–H groups in total. The standard InChI is InChI=1S/C8H12O/c1-4-6-8(9)7(3)5-2/h5,8-9H,1-3H3/b7-5-. The Morgan fingerprint density at radius 2 is 2.22 bits per heavy atom. The molecule has 0 amide bonds. The lowest BCUT2D eigenvalue weighted by molar-refractivity contribution is 0.268. The average Bonchev–Trinajstić information content (AvgIpc) is 1.87. The third-order valence-corrected chi connectivity index (χ3v) is 1.17. The molecule has 50 valence electrons. The second kappa shape index (κ2) is 4.17. The van der Waals surface area contributed by atoms with Gasteiger partial charge in [-0.1, -0.05) is 12.0 Å². The lowest BCUT2D eigenvalue weighted by atomic mass is 10.2. The van der Waals surface area contributed by atoms with E-state index in [-0.39, 0.29) is 0 Å². The summed E-state index contributed by atoms with van der Waals surface area (Å²) in [7, 11) is 0. The van der Waals surface area contributed by atoms with E-state index < -0.39 is 6.10 Å². The Bertz CT molecular complexity index is 157. The normalized spacial score (nSPS) is 14.0. The fraction of sp³-hybridized carbons (Fsp3) is 0.500. The van der Waals surface area contributed by atoms with Gasteiger partial charge in [0.25, 0.3) is 0 Å². The Morgan fingerprint density at radius 1 is 1.67 bits per heavy atom. The van der Waals surface area contributed by atoms with Crippen LogP contribution in [0.25, 0.3) is 0 Å². The number of hydrogen-bond donors (Lipinski definition) is 1. The lowest BCUT2D eigenvalue weighted by Gasteiger charge is -1.99. The van der Waals surface area contributed by atoms with Crippen LogP contribution in [0.1, 0.15) is 20.8 Å². The third-order valence-electron chi connectivity index (χ3n) is 1.17. The fourth-order valence-electron chi connectivity index (χ4n) is 0.408. The quantitative estimate of drug-likeness (QED) is 0.413. The molecule has 0 spiro atoms. The fourth-order valence-corrected chi connectivity index (χ4v) is 0.408. The van der Waals surface area contributed by atoms with E-state index in [2.05, 4.69) is 11.8 Å². The van der Waals surface area contributed by atoms with E-state index in [1.165, 1.54) is 0 Å². The second-order valence-corrected chi connectivity index (χ2v) is 1.83. The Kier molecular flexibility index (Phi) is 3.83. The molecule has 0 aliphatic carbocycles. The van der Waals surface area contributed by atoms with Crippen molar-refractivity contribution in [2.75, 3.05) is 0 Å². The van der Waals surface area contributed by atoms with E-state index in [0.29, 0.717) is 0 Å². The van der Waals surface area contributed by atoms with E-state index >= 15 is 0 Å². The zero-order valence-corrected chi connectivity index (χ0v) is 6.10. The highest BCUT2D eigenvalue weighted by atomic mass is 16.3. The van der Waals surface area contributed by atoms with Gasteiger partial charge >= 0.3 is 0 Å². The van der Waals surface area contributed by atoms with Gasteiger partial charge in [-0.15, -0.1) is 5.92 Å². The number of aliphatic hydroxyl groups excluding tert-OH is 1. The first-order valence-corrected chi connectivity index (χ1v) is 2.95. The van der Waals surface area contributed by atoms with Crippen molar-refractivity contribution >= 4 is 0 Å². The molecular formula is C8H12O. The first kappa shape index (κ1) is 8.26. The maximum Gasteiger partial charge on any atom is 0.135 e. The zero-order valence-electron chi connectivity index (χ0n) is 6.10. The Labute approximate surface area is 56.4 Å². The van der Waals surface area contributed by atoms with Gasteiger partial charge in [0.2, 0.25) is 0 Å². The summed E-state index contributed by atoms with van der Waals surface area (Å²) in [6.45, 7) is 5.46. The van der Waals surface area contributed by atoms with Gasteiger partial charge in [-0.2, -0.15) is 0 Å². The molecule has 1 unspecified atom stereocenters. The Hall–Kier alpha value is -0.740. The van der Waals surface area contributed by atoms with Crippen molar-refractivity contribution in [3.8, 4) is 11.8 Å². The van der Waals surface area contributed by atoms with Crippen LogP contribution >= 0.6 is 0 Å². The van der Waals surface area contributed by atoms with Crippen molar-refractivity contribution in [1.82, 2.24) is 0 Å². The smallest absolute Gasteiger partial charge is 0.135 e. The first-order chi connectivity index (χ1) is 4.22. The van der Waals surface area contributed by atoms with Crippen LogP contribution in [0, 0.1) is 11.8 Å². The van der Waals surface area contributed by atoms with Crippen LogP contribution in [0.2, 0.25) is 0 Å². The molecule has 0 heterocycles. The molecule has 1 nitrogen and oxygen atoms in total. The van der Waals surface area contributed by atoms with Gasteiger partial charge in [-0.3, -0.25) is 0 Å². The van der Waals surface area contributed by atoms with Crippen LogP contribution < -0.4 is 0 Å².